The van der Waals surface area contributed by atoms with Gasteiger partial charge in [0.1, 0.15) is 0 Å². The lowest BCUT2D eigenvalue weighted by atomic mass is 9.92. The van der Waals surface area contributed by atoms with Crippen LogP contribution >= 0.6 is 0 Å². The van der Waals surface area contributed by atoms with Crippen molar-refractivity contribution >= 4 is 0 Å². The van der Waals surface area contributed by atoms with Crippen molar-refractivity contribution in [3.63, 3.8) is 0 Å². The smallest absolute Gasteiger partial charge is 0.0519 e. The van der Waals surface area contributed by atoms with Gasteiger partial charge < -0.3 is 15.1 Å². The zero-order chi connectivity index (χ0) is 12.0. The van der Waals surface area contributed by atoms with Crippen molar-refractivity contribution in [2.75, 3.05) is 32.8 Å². The lowest BCUT2D eigenvalue weighted by Crippen LogP contribution is -2.41. The Morgan fingerprint density at radius 2 is 1.88 bits per heavy atom. The number of aliphatic hydroxyl groups is 2. The van der Waals surface area contributed by atoms with Crippen molar-refractivity contribution in [2.24, 2.45) is 11.3 Å². The third kappa shape index (κ3) is 4.04. The lowest BCUT2D eigenvalue weighted by molar-refractivity contribution is 0.0357. The van der Waals surface area contributed by atoms with Gasteiger partial charge in [0.2, 0.25) is 0 Å². The van der Waals surface area contributed by atoms with Crippen molar-refractivity contribution < 1.29 is 10.2 Å². The third-order valence-electron chi connectivity index (χ3n) is 3.89. The van der Waals surface area contributed by atoms with Gasteiger partial charge in [-0.15, -0.1) is 0 Å². The molecule has 1 rings (SSSR count). The Balaban J connectivity index is 2.42. The van der Waals surface area contributed by atoms with Gasteiger partial charge >= 0.3 is 0 Å². The normalized spacial score (nSPS) is 24.4. The predicted molar refractivity (Wildman–Crippen MR) is 66.4 cm³/mol. The summed E-state index contributed by atoms with van der Waals surface area (Å²) in [6.07, 6.45) is 5.14. The number of hydrogen-bond acceptors (Lipinski definition) is 3. The Morgan fingerprint density at radius 1 is 1.19 bits per heavy atom. The van der Waals surface area contributed by atoms with Gasteiger partial charge in [-0.2, -0.15) is 0 Å². The molecule has 0 aromatic heterocycles. The molecule has 0 spiro atoms. The highest BCUT2D eigenvalue weighted by atomic mass is 16.3. The maximum Gasteiger partial charge on any atom is 0.0519 e. The van der Waals surface area contributed by atoms with Crippen LogP contribution in [0.1, 0.15) is 39.5 Å². The molecule has 0 bridgehead atoms. The quantitative estimate of drug-likeness (QED) is 0.750. The summed E-state index contributed by atoms with van der Waals surface area (Å²) in [5, 5.41) is 18.6. The van der Waals surface area contributed by atoms with Crippen LogP contribution in [-0.2, 0) is 0 Å². The molecule has 96 valence electrons. The van der Waals surface area contributed by atoms with E-state index in [4.69, 9.17) is 0 Å². The number of nitrogens with zero attached hydrogens (tertiary/aromatic N) is 1. The van der Waals surface area contributed by atoms with Crippen molar-refractivity contribution in [1.82, 2.24) is 4.90 Å². The van der Waals surface area contributed by atoms with Crippen LogP contribution in [0.5, 0.6) is 0 Å². The van der Waals surface area contributed by atoms with E-state index in [1.807, 2.05) is 6.92 Å². The zero-order valence-corrected chi connectivity index (χ0v) is 10.8. The van der Waals surface area contributed by atoms with Crippen LogP contribution in [0.2, 0.25) is 0 Å². The third-order valence-corrected chi connectivity index (χ3v) is 3.89. The van der Waals surface area contributed by atoms with Gasteiger partial charge in [0.25, 0.3) is 0 Å². The van der Waals surface area contributed by atoms with E-state index in [9.17, 15) is 10.2 Å². The Morgan fingerprint density at radius 3 is 2.44 bits per heavy atom. The summed E-state index contributed by atoms with van der Waals surface area (Å²) in [4.78, 5) is 2.40. The van der Waals surface area contributed by atoms with Gasteiger partial charge in [-0.25, -0.2) is 0 Å². The van der Waals surface area contributed by atoms with Gasteiger partial charge in [0.15, 0.2) is 0 Å². The molecule has 2 N–H and O–H groups in total. The first-order valence-electron chi connectivity index (χ1n) is 6.57. The average molecular weight is 229 g/mol. The Hall–Kier alpha value is -0.120. The monoisotopic (exact) mass is 229 g/mol. The minimum atomic E-state index is -0.341. The minimum Gasteiger partial charge on any atom is -0.396 e. The molecule has 0 aromatic carbocycles. The number of hydrogen-bond donors (Lipinski definition) is 2. The van der Waals surface area contributed by atoms with Gasteiger partial charge in [-0.05, 0) is 38.3 Å². The Bertz CT molecular complexity index is 192. The summed E-state index contributed by atoms with van der Waals surface area (Å²) < 4.78 is 0. The molecular formula is C13H27NO2. The molecule has 3 heteroatoms. The summed E-state index contributed by atoms with van der Waals surface area (Å²) in [7, 11) is 0. The summed E-state index contributed by atoms with van der Waals surface area (Å²) in [6, 6.07) is 0. The van der Waals surface area contributed by atoms with Crippen LogP contribution in [0.3, 0.4) is 0 Å². The molecule has 0 aromatic rings. The van der Waals surface area contributed by atoms with E-state index in [0.717, 1.165) is 25.6 Å². The molecular weight excluding hydrogens is 202 g/mol. The zero-order valence-electron chi connectivity index (χ0n) is 10.8. The fourth-order valence-electron chi connectivity index (χ4n) is 2.48. The molecule has 1 aliphatic rings. The second-order valence-corrected chi connectivity index (χ2v) is 5.61. The molecule has 1 fully saturated rings. The van der Waals surface area contributed by atoms with Crippen LogP contribution < -0.4 is 0 Å². The standard InChI is InChI=1S/C13H27NO2/c1-3-12-5-4-7-14(8-6-12)9-13(2,10-15)11-16/h12,15-16H,3-11H2,1-2H3. The van der Waals surface area contributed by atoms with Crippen LogP contribution in [0.25, 0.3) is 0 Å². The van der Waals surface area contributed by atoms with E-state index in [1.165, 1.54) is 25.7 Å². The van der Waals surface area contributed by atoms with Gasteiger partial charge in [0.05, 0.1) is 13.2 Å². The molecule has 16 heavy (non-hydrogen) atoms. The second-order valence-electron chi connectivity index (χ2n) is 5.61. The van der Waals surface area contributed by atoms with Crippen molar-refractivity contribution in [2.45, 2.75) is 39.5 Å². The predicted octanol–water partition coefficient (Wildman–Crippen LogP) is 1.49. The van der Waals surface area contributed by atoms with Gasteiger partial charge in [-0.3, -0.25) is 0 Å². The second kappa shape index (κ2) is 6.58. The summed E-state index contributed by atoms with van der Waals surface area (Å²) in [6.45, 7) is 7.41. The van der Waals surface area contributed by atoms with Crippen molar-refractivity contribution in [3.05, 3.63) is 0 Å². The van der Waals surface area contributed by atoms with E-state index in [-0.39, 0.29) is 18.6 Å². The van der Waals surface area contributed by atoms with Crippen molar-refractivity contribution in [1.29, 1.82) is 0 Å². The van der Waals surface area contributed by atoms with E-state index < -0.39 is 0 Å². The number of likely N-dealkylation sites (tertiary alicyclic amines) is 1. The maximum atomic E-state index is 9.30. The summed E-state index contributed by atoms with van der Waals surface area (Å²) in [5.74, 6) is 0.875. The molecule has 1 unspecified atom stereocenters. The molecule has 1 saturated heterocycles. The van der Waals surface area contributed by atoms with Crippen molar-refractivity contribution in [3.8, 4) is 0 Å². The molecule has 0 aliphatic carbocycles. The summed E-state index contributed by atoms with van der Waals surface area (Å²) in [5.41, 5.74) is -0.341. The number of aliphatic hydroxyl groups excluding tert-OH is 2. The van der Waals surface area contributed by atoms with E-state index in [2.05, 4.69) is 11.8 Å². The van der Waals surface area contributed by atoms with Crippen LogP contribution in [0.15, 0.2) is 0 Å². The number of rotatable bonds is 5. The molecule has 1 atom stereocenters. The van der Waals surface area contributed by atoms with E-state index in [0.29, 0.717) is 0 Å². The Labute approximate surface area is 99.5 Å². The molecule has 3 nitrogen and oxygen atoms in total. The highest BCUT2D eigenvalue weighted by Gasteiger charge is 2.26. The van der Waals surface area contributed by atoms with E-state index >= 15 is 0 Å². The lowest BCUT2D eigenvalue weighted by Gasteiger charge is -2.32. The average Bonchev–Trinajstić information content (AvgIpc) is 2.54. The van der Waals surface area contributed by atoms with Crippen LogP contribution in [-0.4, -0.2) is 48.0 Å². The largest absolute Gasteiger partial charge is 0.396 e. The first kappa shape index (κ1) is 13.9. The fourth-order valence-corrected chi connectivity index (χ4v) is 2.48. The van der Waals surface area contributed by atoms with Crippen LogP contribution in [0.4, 0.5) is 0 Å². The fraction of sp³-hybridized carbons (Fsp3) is 1.00. The summed E-state index contributed by atoms with van der Waals surface area (Å²) >= 11 is 0. The SMILES string of the molecule is CCC1CCCN(CC(C)(CO)CO)CC1. The molecule has 0 amide bonds. The van der Waals surface area contributed by atoms with Crippen LogP contribution in [0, 0.1) is 11.3 Å². The maximum absolute atomic E-state index is 9.30. The molecule has 0 radical (unpaired) electrons. The first-order valence-corrected chi connectivity index (χ1v) is 6.57. The highest BCUT2D eigenvalue weighted by molar-refractivity contribution is 4.79. The molecule has 1 heterocycles. The highest BCUT2D eigenvalue weighted by Crippen LogP contribution is 2.23. The topological polar surface area (TPSA) is 43.7 Å². The minimum absolute atomic E-state index is 0.0667. The molecule has 1 aliphatic heterocycles. The van der Waals surface area contributed by atoms with E-state index in [1.54, 1.807) is 0 Å². The molecule has 0 saturated carbocycles. The van der Waals surface area contributed by atoms with Gasteiger partial charge in [0, 0.05) is 12.0 Å². The first-order chi connectivity index (χ1) is 7.63. The Kier molecular flexibility index (Phi) is 5.73. The van der Waals surface area contributed by atoms with Gasteiger partial charge in [-0.1, -0.05) is 20.3 Å².